The summed E-state index contributed by atoms with van der Waals surface area (Å²) in [5, 5.41) is 0. The minimum absolute atomic E-state index is 0.00551. The maximum absolute atomic E-state index is 12.6. The lowest BCUT2D eigenvalue weighted by Gasteiger charge is -2.60. The van der Waals surface area contributed by atoms with Gasteiger partial charge in [0.25, 0.3) is 0 Å². The van der Waals surface area contributed by atoms with Crippen LogP contribution in [0.15, 0.2) is 30.3 Å². The molecular formula is C27H40O5. The van der Waals surface area contributed by atoms with Gasteiger partial charge in [0.15, 0.2) is 11.9 Å². The minimum atomic E-state index is -0.744. The number of rotatable bonds is 5. The van der Waals surface area contributed by atoms with Gasteiger partial charge in [-0.15, -0.1) is 0 Å². The summed E-state index contributed by atoms with van der Waals surface area (Å²) in [6.07, 6.45) is 5.51. The predicted octanol–water partition coefficient (Wildman–Crippen LogP) is 5.86. The summed E-state index contributed by atoms with van der Waals surface area (Å²) < 4.78 is 13.0. The van der Waals surface area contributed by atoms with E-state index in [-0.39, 0.29) is 11.9 Å². The molecule has 1 spiro atoms. The van der Waals surface area contributed by atoms with Crippen molar-refractivity contribution in [1.29, 1.82) is 0 Å². The van der Waals surface area contributed by atoms with E-state index in [1.54, 1.807) is 0 Å². The van der Waals surface area contributed by atoms with Crippen molar-refractivity contribution in [2.24, 2.45) is 23.7 Å². The highest BCUT2D eigenvalue weighted by atomic mass is 17.3. The van der Waals surface area contributed by atoms with E-state index in [1.807, 2.05) is 51.1 Å². The van der Waals surface area contributed by atoms with Crippen LogP contribution >= 0.6 is 0 Å². The van der Waals surface area contributed by atoms with Crippen molar-refractivity contribution in [3.63, 3.8) is 0 Å². The van der Waals surface area contributed by atoms with E-state index in [0.717, 1.165) is 31.2 Å². The summed E-state index contributed by atoms with van der Waals surface area (Å²) in [5.74, 6) is 1.10. The van der Waals surface area contributed by atoms with Crippen LogP contribution in [0, 0.1) is 23.7 Å². The van der Waals surface area contributed by atoms with Crippen molar-refractivity contribution in [1.82, 2.24) is 0 Å². The lowest BCUT2D eigenvalue weighted by molar-refractivity contribution is -0.571. The van der Waals surface area contributed by atoms with Crippen molar-refractivity contribution in [2.45, 2.75) is 103 Å². The lowest BCUT2D eigenvalue weighted by atomic mass is 9.57. The van der Waals surface area contributed by atoms with E-state index in [1.165, 1.54) is 6.42 Å². The molecule has 2 bridgehead atoms. The average Bonchev–Trinajstić information content (AvgIpc) is 3.03. The molecule has 178 valence electrons. The van der Waals surface area contributed by atoms with E-state index in [9.17, 15) is 4.79 Å². The fourth-order valence-electron chi connectivity index (χ4n) is 6.52. The number of carbonyl (C=O) groups excluding carboxylic acids is 1. The van der Waals surface area contributed by atoms with E-state index < -0.39 is 17.7 Å². The Bertz CT molecular complexity index is 782. The van der Waals surface area contributed by atoms with Gasteiger partial charge >= 0.3 is 0 Å². The number of carbonyl (C=O) groups is 1. The second kappa shape index (κ2) is 9.54. The monoisotopic (exact) mass is 444 g/mol. The standard InChI is InChI=1S/C25H34O5.C2H6/c1-16-9-11-21-17(2)22(12-10-19(26)15-18-7-5-4-6-8-18)27-23-25(21)20(16)13-14-24(3,28-23)29-30-25;1-2/h4-8,16-17,20-23H,9-15H2,1-3H3;1-2H3/t16-,17-,20+,21+,22-,23-,24+,25-;/m1./s1. The van der Waals surface area contributed by atoms with Crippen LogP contribution in [0.5, 0.6) is 0 Å². The smallest absolute Gasteiger partial charge is 0.201 e. The number of hydrogen-bond acceptors (Lipinski definition) is 5. The van der Waals surface area contributed by atoms with Gasteiger partial charge in [0.05, 0.1) is 6.10 Å². The molecule has 1 aliphatic carbocycles. The molecule has 0 amide bonds. The molecule has 0 radical (unpaired) electrons. The van der Waals surface area contributed by atoms with Crippen LogP contribution in [0.25, 0.3) is 0 Å². The minimum Gasteiger partial charge on any atom is -0.346 e. The van der Waals surface area contributed by atoms with Crippen LogP contribution in [0.2, 0.25) is 0 Å². The topological polar surface area (TPSA) is 54.0 Å². The molecule has 1 aromatic rings. The van der Waals surface area contributed by atoms with E-state index >= 15 is 0 Å². The van der Waals surface area contributed by atoms with Gasteiger partial charge in [-0.25, -0.2) is 9.78 Å². The molecule has 0 aromatic heterocycles. The highest BCUT2D eigenvalue weighted by molar-refractivity contribution is 5.80. The van der Waals surface area contributed by atoms with Crippen LogP contribution in [0.1, 0.15) is 78.7 Å². The number of benzene rings is 1. The van der Waals surface area contributed by atoms with Gasteiger partial charge < -0.3 is 9.47 Å². The first-order chi connectivity index (χ1) is 15.4. The molecule has 8 atom stereocenters. The van der Waals surface area contributed by atoms with Gasteiger partial charge in [-0.05, 0) is 55.9 Å². The quantitative estimate of drug-likeness (QED) is 0.533. The zero-order chi connectivity index (χ0) is 22.9. The van der Waals surface area contributed by atoms with Gasteiger partial charge in [0.2, 0.25) is 5.79 Å². The summed E-state index contributed by atoms with van der Waals surface area (Å²) in [4.78, 5) is 24.7. The molecule has 4 saturated heterocycles. The molecule has 1 aromatic carbocycles. The predicted molar refractivity (Wildman–Crippen MR) is 123 cm³/mol. The molecule has 5 nitrogen and oxygen atoms in total. The van der Waals surface area contributed by atoms with Crippen LogP contribution in [-0.4, -0.2) is 29.6 Å². The van der Waals surface area contributed by atoms with Crippen molar-refractivity contribution in [3.05, 3.63) is 35.9 Å². The molecule has 5 fully saturated rings. The number of hydrogen-bond donors (Lipinski definition) is 0. The Morgan fingerprint density at radius 3 is 2.53 bits per heavy atom. The van der Waals surface area contributed by atoms with Crippen molar-refractivity contribution in [3.8, 4) is 0 Å². The second-order valence-electron chi connectivity index (χ2n) is 10.2. The lowest BCUT2D eigenvalue weighted by Crippen LogP contribution is -2.70. The third kappa shape index (κ3) is 4.18. The molecule has 0 unspecified atom stereocenters. The van der Waals surface area contributed by atoms with E-state index in [4.69, 9.17) is 19.2 Å². The first kappa shape index (κ1) is 23.9. The van der Waals surface area contributed by atoms with E-state index in [0.29, 0.717) is 36.5 Å². The summed E-state index contributed by atoms with van der Waals surface area (Å²) in [5.41, 5.74) is 0.559. The van der Waals surface area contributed by atoms with Crippen LogP contribution in [0.3, 0.4) is 0 Å². The summed E-state index contributed by atoms with van der Waals surface area (Å²) in [7, 11) is 0. The summed E-state index contributed by atoms with van der Waals surface area (Å²) >= 11 is 0. The normalized spacial score (nSPS) is 42.3. The zero-order valence-electron chi connectivity index (χ0n) is 20.3. The Kier molecular flexibility index (Phi) is 7.11. The Morgan fingerprint density at radius 1 is 1.03 bits per heavy atom. The molecule has 32 heavy (non-hydrogen) atoms. The van der Waals surface area contributed by atoms with Crippen LogP contribution in [0.4, 0.5) is 0 Å². The third-order valence-corrected chi connectivity index (χ3v) is 8.25. The highest BCUT2D eigenvalue weighted by Crippen LogP contribution is 2.60. The highest BCUT2D eigenvalue weighted by Gasteiger charge is 2.69. The van der Waals surface area contributed by atoms with Crippen molar-refractivity contribution in [2.75, 3.05) is 0 Å². The third-order valence-electron chi connectivity index (χ3n) is 8.25. The zero-order valence-corrected chi connectivity index (χ0v) is 20.3. The first-order valence-electron chi connectivity index (χ1n) is 12.7. The number of ketones is 1. The van der Waals surface area contributed by atoms with Gasteiger partial charge in [0.1, 0.15) is 5.78 Å². The molecule has 1 saturated carbocycles. The maximum atomic E-state index is 12.6. The molecular weight excluding hydrogens is 404 g/mol. The molecule has 4 heterocycles. The van der Waals surface area contributed by atoms with E-state index in [2.05, 4.69) is 13.8 Å². The Balaban J connectivity index is 0.00000119. The summed E-state index contributed by atoms with van der Waals surface area (Å²) in [6.45, 7) is 10.5. The maximum Gasteiger partial charge on any atom is 0.201 e. The largest absolute Gasteiger partial charge is 0.346 e. The second-order valence-corrected chi connectivity index (χ2v) is 10.2. The molecule has 4 aliphatic heterocycles. The fourth-order valence-corrected chi connectivity index (χ4v) is 6.52. The fraction of sp³-hybridized carbons (Fsp3) is 0.741. The number of Topliss-reactive ketones (excluding diaryl/α,β-unsaturated/α-hetero) is 1. The molecule has 5 aliphatic rings. The van der Waals surface area contributed by atoms with Crippen LogP contribution in [-0.2, 0) is 30.5 Å². The van der Waals surface area contributed by atoms with Gasteiger partial charge in [0, 0.05) is 25.2 Å². The summed E-state index contributed by atoms with van der Waals surface area (Å²) in [6, 6.07) is 9.97. The van der Waals surface area contributed by atoms with Gasteiger partial charge in [-0.3, -0.25) is 4.79 Å². The SMILES string of the molecule is CC.C[C@H]1[C@@H](CCC(=O)Cc2ccccc2)O[C@@H]2O[C@]3(C)CC[C@H]4[C@H](C)CC[C@@H]1[C@@]24OO3. The van der Waals surface area contributed by atoms with Crippen molar-refractivity contribution < 1.29 is 24.0 Å². The van der Waals surface area contributed by atoms with Crippen molar-refractivity contribution >= 4 is 5.78 Å². The average molecular weight is 445 g/mol. The Labute approximate surface area is 193 Å². The molecule has 5 heteroatoms. The Morgan fingerprint density at radius 2 is 1.78 bits per heavy atom. The van der Waals surface area contributed by atoms with Crippen LogP contribution < -0.4 is 0 Å². The molecule has 0 N–H and O–H groups in total. The van der Waals surface area contributed by atoms with Gasteiger partial charge in [-0.1, -0.05) is 58.0 Å². The molecule has 6 rings (SSSR count). The first-order valence-corrected chi connectivity index (χ1v) is 12.7. The Hall–Kier alpha value is -1.27. The van der Waals surface area contributed by atoms with Gasteiger partial charge in [-0.2, -0.15) is 0 Å². The number of fused-ring (bicyclic) bond motifs is 2. The number of ether oxygens (including phenoxy) is 2.